The molecule has 0 fully saturated rings. The molecule has 0 saturated heterocycles. The van der Waals surface area contributed by atoms with Crippen molar-refractivity contribution in [2.45, 2.75) is 4.90 Å². The lowest BCUT2D eigenvalue weighted by molar-refractivity contribution is 0.537. The van der Waals surface area contributed by atoms with Gasteiger partial charge in [-0.25, -0.2) is 0 Å². The van der Waals surface area contributed by atoms with Crippen molar-refractivity contribution in [3.63, 3.8) is 0 Å². The third-order valence-corrected chi connectivity index (χ3v) is 2.52. The first-order valence-corrected chi connectivity index (χ1v) is 5.04. The minimum absolute atomic E-state index is 0.285. The molecule has 2 rings (SSSR count). The van der Waals surface area contributed by atoms with Gasteiger partial charge in [-0.15, -0.1) is 0 Å². The second-order valence-electron chi connectivity index (χ2n) is 2.73. The van der Waals surface area contributed by atoms with Crippen LogP contribution in [0.1, 0.15) is 0 Å². The van der Waals surface area contributed by atoms with E-state index in [2.05, 4.69) is 10.2 Å². The Balaban J connectivity index is 2.36. The number of nitrogens with zero attached hydrogens (tertiary/aromatic N) is 1. The molecule has 0 aliphatic carbocycles. The van der Waals surface area contributed by atoms with Gasteiger partial charge in [-0.1, -0.05) is 12.1 Å². The maximum absolute atomic E-state index is 10.6. The van der Waals surface area contributed by atoms with E-state index in [9.17, 15) is 8.76 Å². The summed E-state index contributed by atoms with van der Waals surface area (Å²) in [6, 6.07) is 8.40. The van der Waals surface area contributed by atoms with E-state index >= 15 is 0 Å². The zero-order chi connectivity index (χ0) is 9.97. The lowest BCUT2D eigenvalue weighted by Crippen LogP contribution is -1.88. The molecule has 0 saturated carbocycles. The number of rotatable bonds is 2. The van der Waals surface area contributed by atoms with Gasteiger partial charge in [-0.2, -0.15) is 5.10 Å². The molecule has 0 amide bonds. The molecule has 0 spiro atoms. The van der Waals surface area contributed by atoms with Gasteiger partial charge in [0.15, 0.2) is 0 Å². The van der Waals surface area contributed by atoms with Crippen LogP contribution in [0.4, 0.5) is 0 Å². The van der Waals surface area contributed by atoms with Crippen molar-refractivity contribution in [3.05, 3.63) is 36.5 Å². The van der Waals surface area contributed by atoms with Crippen LogP contribution in [0.5, 0.6) is 0 Å². The minimum atomic E-state index is -2.16. The summed E-state index contributed by atoms with van der Waals surface area (Å²) >= 11 is -2.16. The Labute approximate surface area is 83.3 Å². The number of H-pyrrole nitrogens is 1. The molecule has 5 heteroatoms. The van der Waals surface area contributed by atoms with Gasteiger partial charge in [-0.05, 0) is 34.8 Å². The Kier molecular flexibility index (Phi) is 2.43. The predicted octanol–water partition coefficient (Wildman–Crippen LogP) is 1.31. The third-order valence-electron chi connectivity index (χ3n) is 1.86. The van der Waals surface area contributed by atoms with Crippen LogP contribution in [0.3, 0.4) is 0 Å². The van der Waals surface area contributed by atoms with E-state index in [0.717, 1.165) is 11.3 Å². The molecule has 0 bridgehead atoms. The Morgan fingerprint density at radius 2 is 1.93 bits per heavy atom. The van der Waals surface area contributed by atoms with Crippen LogP contribution in [0, 0.1) is 0 Å². The van der Waals surface area contributed by atoms with E-state index in [1.807, 2.05) is 6.07 Å². The Morgan fingerprint density at radius 3 is 2.43 bits per heavy atom. The van der Waals surface area contributed by atoms with E-state index in [-0.39, 0.29) is 4.90 Å². The summed E-state index contributed by atoms with van der Waals surface area (Å²) < 4.78 is 21.2. The van der Waals surface area contributed by atoms with Gasteiger partial charge < -0.3 is 4.55 Å². The molecule has 1 heterocycles. The third kappa shape index (κ3) is 1.73. The molecule has 2 aromatic rings. The molecular formula is C9H7N2O2S-. The fourth-order valence-corrected chi connectivity index (χ4v) is 1.52. The molecular weight excluding hydrogens is 200 g/mol. The van der Waals surface area contributed by atoms with Gasteiger partial charge in [0.05, 0.1) is 5.69 Å². The fraction of sp³-hybridized carbons (Fsp3) is 0. The maximum atomic E-state index is 10.6. The largest absolute Gasteiger partial charge is 0.768 e. The number of aromatic amines is 1. The molecule has 0 aliphatic rings. The Morgan fingerprint density at radius 1 is 1.21 bits per heavy atom. The van der Waals surface area contributed by atoms with Crippen LogP contribution in [-0.2, 0) is 11.1 Å². The molecule has 1 aromatic heterocycles. The quantitative estimate of drug-likeness (QED) is 0.755. The summed E-state index contributed by atoms with van der Waals surface area (Å²) in [5, 5.41) is 6.61. The average molecular weight is 207 g/mol. The van der Waals surface area contributed by atoms with Crippen molar-refractivity contribution in [3.8, 4) is 11.3 Å². The standard InChI is InChI=1S/C9H8N2O2S/c12-14(13)8-3-1-7(2-4-8)9-5-6-10-11-9/h1-6H,(H,10,11)(H,12,13)/p-1. The maximum Gasteiger partial charge on any atom is 0.0650 e. The highest BCUT2D eigenvalue weighted by Gasteiger charge is 1.98. The van der Waals surface area contributed by atoms with Crippen LogP contribution in [-0.4, -0.2) is 19.0 Å². The molecule has 0 aliphatic heterocycles. The van der Waals surface area contributed by atoms with Gasteiger partial charge >= 0.3 is 0 Å². The SMILES string of the molecule is O=S([O-])c1ccc(-c2ccn[nH]2)cc1. The molecule has 4 nitrogen and oxygen atoms in total. The van der Waals surface area contributed by atoms with Crippen molar-refractivity contribution in [2.75, 3.05) is 0 Å². The first-order chi connectivity index (χ1) is 6.77. The number of benzene rings is 1. The second kappa shape index (κ2) is 3.73. The van der Waals surface area contributed by atoms with E-state index < -0.39 is 11.1 Å². The van der Waals surface area contributed by atoms with Gasteiger partial charge in [-0.3, -0.25) is 9.31 Å². The first-order valence-electron chi connectivity index (χ1n) is 3.96. The molecule has 1 atom stereocenters. The van der Waals surface area contributed by atoms with Gasteiger partial charge in [0.1, 0.15) is 0 Å². The summed E-state index contributed by atoms with van der Waals surface area (Å²) in [6.45, 7) is 0. The summed E-state index contributed by atoms with van der Waals surface area (Å²) in [7, 11) is 0. The number of hydrogen-bond acceptors (Lipinski definition) is 3. The van der Waals surface area contributed by atoms with E-state index in [4.69, 9.17) is 0 Å². The van der Waals surface area contributed by atoms with E-state index in [1.165, 1.54) is 0 Å². The Hall–Kier alpha value is -1.46. The monoisotopic (exact) mass is 207 g/mol. The number of hydrogen-bond donors (Lipinski definition) is 1. The lowest BCUT2D eigenvalue weighted by Gasteiger charge is -2.04. The van der Waals surface area contributed by atoms with Crippen LogP contribution < -0.4 is 0 Å². The smallest absolute Gasteiger partial charge is 0.0650 e. The molecule has 0 radical (unpaired) electrons. The zero-order valence-electron chi connectivity index (χ0n) is 7.14. The van der Waals surface area contributed by atoms with E-state index in [1.54, 1.807) is 30.5 Å². The highest BCUT2D eigenvalue weighted by atomic mass is 32.2. The normalized spacial score (nSPS) is 12.6. The van der Waals surface area contributed by atoms with Crippen LogP contribution in [0.15, 0.2) is 41.4 Å². The molecule has 1 unspecified atom stereocenters. The van der Waals surface area contributed by atoms with Crippen molar-refractivity contribution in [2.24, 2.45) is 0 Å². The van der Waals surface area contributed by atoms with Gasteiger partial charge in [0, 0.05) is 11.1 Å². The van der Waals surface area contributed by atoms with Crippen molar-refractivity contribution in [1.29, 1.82) is 0 Å². The van der Waals surface area contributed by atoms with Crippen LogP contribution in [0.2, 0.25) is 0 Å². The van der Waals surface area contributed by atoms with E-state index in [0.29, 0.717) is 0 Å². The van der Waals surface area contributed by atoms with Crippen molar-refractivity contribution < 1.29 is 8.76 Å². The number of aromatic nitrogens is 2. The van der Waals surface area contributed by atoms with Crippen LogP contribution in [0.25, 0.3) is 11.3 Å². The second-order valence-corrected chi connectivity index (χ2v) is 3.67. The van der Waals surface area contributed by atoms with Gasteiger partial charge in [0.2, 0.25) is 0 Å². The summed E-state index contributed by atoms with van der Waals surface area (Å²) in [5.74, 6) is 0. The minimum Gasteiger partial charge on any atom is -0.768 e. The Bertz CT molecular complexity index is 436. The average Bonchev–Trinajstić information content (AvgIpc) is 2.71. The highest BCUT2D eigenvalue weighted by Crippen LogP contribution is 2.17. The number of nitrogens with one attached hydrogen (secondary N) is 1. The zero-order valence-corrected chi connectivity index (χ0v) is 7.95. The van der Waals surface area contributed by atoms with Gasteiger partial charge in [0.25, 0.3) is 0 Å². The summed E-state index contributed by atoms with van der Waals surface area (Å²) in [5.41, 5.74) is 1.78. The molecule has 72 valence electrons. The molecule has 1 N–H and O–H groups in total. The predicted molar refractivity (Wildman–Crippen MR) is 51.2 cm³/mol. The van der Waals surface area contributed by atoms with Crippen LogP contribution >= 0.6 is 0 Å². The lowest BCUT2D eigenvalue weighted by atomic mass is 10.2. The highest BCUT2D eigenvalue weighted by molar-refractivity contribution is 7.79. The first kappa shape index (κ1) is 9.11. The topological polar surface area (TPSA) is 68.8 Å². The fourth-order valence-electron chi connectivity index (χ4n) is 1.16. The molecule has 1 aromatic carbocycles. The van der Waals surface area contributed by atoms with Crippen molar-refractivity contribution >= 4 is 11.1 Å². The van der Waals surface area contributed by atoms with Crippen molar-refractivity contribution in [1.82, 2.24) is 10.2 Å². The summed E-state index contributed by atoms with van der Waals surface area (Å²) in [4.78, 5) is 0.285. The summed E-state index contributed by atoms with van der Waals surface area (Å²) in [6.07, 6.45) is 1.65. The molecule has 14 heavy (non-hydrogen) atoms.